The topological polar surface area (TPSA) is 91.4 Å². The van der Waals surface area contributed by atoms with E-state index in [1.54, 1.807) is 0 Å². The van der Waals surface area contributed by atoms with E-state index in [0.29, 0.717) is 0 Å². The number of nitrogens with zero attached hydrogens (tertiary/aromatic N) is 2. The summed E-state index contributed by atoms with van der Waals surface area (Å²) in [6, 6.07) is 3.87. The molecule has 1 heterocycles. The number of amides is 2. The van der Waals surface area contributed by atoms with Crippen molar-refractivity contribution in [3.8, 4) is 0 Å². The molecule has 0 unspecified atom stereocenters. The Morgan fingerprint density at radius 3 is 2.47 bits per heavy atom. The molecule has 0 bridgehead atoms. The molecule has 0 aromatic heterocycles. The van der Waals surface area contributed by atoms with Gasteiger partial charge in [-0.2, -0.15) is 0 Å². The van der Waals surface area contributed by atoms with Crippen molar-refractivity contribution in [3.63, 3.8) is 0 Å². The van der Waals surface area contributed by atoms with Gasteiger partial charge in [0.1, 0.15) is 0 Å². The van der Waals surface area contributed by atoms with Gasteiger partial charge in [-0.3, -0.25) is 10.1 Å². The van der Waals surface area contributed by atoms with Crippen LogP contribution >= 0.6 is 0 Å². The van der Waals surface area contributed by atoms with Gasteiger partial charge in [0.15, 0.2) is 0 Å². The number of fused-ring (bicyclic) bond motifs is 1. The molecular weight excluding hydrogens is 227 g/mol. The number of carbonyl (C=O) groups excluding carboxylic acids is 2. The number of hydrogen-bond donors (Lipinski definition) is 0. The maximum Gasteiger partial charge on any atom is 1.00 e. The van der Waals surface area contributed by atoms with Crippen LogP contribution in [-0.4, -0.2) is 16.7 Å². The molecule has 0 atom stereocenters. The van der Waals surface area contributed by atoms with Gasteiger partial charge in [-0.05, 0) is 0 Å². The van der Waals surface area contributed by atoms with E-state index in [-0.39, 0.29) is 68.2 Å². The largest absolute Gasteiger partial charge is 1.00 e. The van der Waals surface area contributed by atoms with Gasteiger partial charge in [0, 0.05) is 11.6 Å². The molecule has 6 nitrogen and oxygen atoms in total. The average Bonchev–Trinajstić information content (AvgIpc) is 2.43. The minimum absolute atomic E-state index is 0. The first-order chi connectivity index (χ1) is 6.61. The number of rotatable bonds is 1. The molecule has 0 radical (unpaired) electrons. The molecule has 15 heavy (non-hydrogen) atoms. The van der Waals surface area contributed by atoms with Crippen LogP contribution in [0.4, 0.5) is 5.69 Å². The fourth-order valence-corrected chi connectivity index (χ4v) is 1.30. The van der Waals surface area contributed by atoms with Gasteiger partial charge in [0.25, 0.3) is 5.69 Å². The second-order valence-electron chi connectivity index (χ2n) is 2.68. The predicted molar refractivity (Wildman–Crippen MR) is 45.1 cm³/mol. The van der Waals surface area contributed by atoms with Crippen LogP contribution in [0, 0.1) is 10.1 Å². The zero-order chi connectivity index (χ0) is 10.3. The molecule has 0 aliphatic carbocycles. The van der Waals surface area contributed by atoms with Crippen molar-refractivity contribution in [3.05, 3.63) is 44.8 Å². The number of benzene rings is 1. The third-order valence-corrected chi connectivity index (χ3v) is 1.89. The van der Waals surface area contributed by atoms with Gasteiger partial charge in [-0.25, -0.2) is 0 Å². The Labute approximate surface area is 127 Å². The molecule has 0 saturated carbocycles. The van der Waals surface area contributed by atoms with E-state index in [9.17, 15) is 19.7 Å². The Hall–Kier alpha value is -0.604. The zero-order valence-corrected chi connectivity index (χ0v) is 10.9. The van der Waals surface area contributed by atoms with E-state index in [4.69, 9.17) is 0 Å². The van der Waals surface area contributed by atoms with Crippen LogP contribution in [0.25, 0.3) is 5.32 Å². The van der Waals surface area contributed by atoms with Crippen molar-refractivity contribution in [2.24, 2.45) is 0 Å². The van der Waals surface area contributed by atoms with E-state index in [1.807, 2.05) is 0 Å². The number of nitro groups is 1. The first-order valence-electron chi connectivity index (χ1n) is 3.69. The Morgan fingerprint density at radius 2 is 1.87 bits per heavy atom. The van der Waals surface area contributed by atoms with Crippen molar-refractivity contribution in [1.29, 1.82) is 0 Å². The molecule has 0 spiro atoms. The van der Waals surface area contributed by atoms with Crippen LogP contribution in [0.1, 0.15) is 20.7 Å². The summed E-state index contributed by atoms with van der Waals surface area (Å²) in [6.07, 6.45) is 0. The number of nitro benzene ring substituents is 1. The quantitative estimate of drug-likeness (QED) is 0.248. The Morgan fingerprint density at radius 1 is 1.20 bits per heavy atom. The van der Waals surface area contributed by atoms with Gasteiger partial charge in [0.2, 0.25) is 0 Å². The first kappa shape index (κ1) is 12.5. The molecule has 1 aliphatic rings. The minimum Gasteiger partial charge on any atom is -0.587 e. The minimum atomic E-state index is -0.836. The van der Waals surface area contributed by atoms with Gasteiger partial charge in [-0.15, -0.1) is 0 Å². The SMILES string of the molecule is O=C1[N-]C(=O)c2c1cccc2[N+](=O)[O-].[K+]. The predicted octanol–water partition coefficient (Wildman–Crippen LogP) is -1.73. The molecule has 1 aliphatic heterocycles. The van der Waals surface area contributed by atoms with E-state index in [2.05, 4.69) is 5.32 Å². The number of imide groups is 1. The average molecular weight is 230 g/mol. The molecule has 0 fully saturated rings. The molecule has 1 aromatic carbocycles. The van der Waals surface area contributed by atoms with Crippen molar-refractivity contribution in [2.75, 3.05) is 0 Å². The van der Waals surface area contributed by atoms with Crippen LogP contribution in [0.3, 0.4) is 0 Å². The third kappa shape index (κ3) is 2.01. The summed E-state index contributed by atoms with van der Waals surface area (Å²) in [5.41, 5.74) is -0.575. The summed E-state index contributed by atoms with van der Waals surface area (Å²) in [5, 5.41) is 13.6. The van der Waals surface area contributed by atoms with E-state index in [1.165, 1.54) is 18.2 Å². The number of carbonyl (C=O) groups is 2. The summed E-state index contributed by atoms with van der Waals surface area (Å²) in [5.74, 6) is -1.55. The second kappa shape index (κ2) is 4.50. The fraction of sp³-hybridized carbons (Fsp3) is 0. The Balaban J connectivity index is 0.00000112. The van der Waals surface area contributed by atoms with Gasteiger partial charge in [0.05, 0.1) is 22.3 Å². The van der Waals surface area contributed by atoms with Crippen LogP contribution in [-0.2, 0) is 0 Å². The van der Waals surface area contributed by atoms with Crippen LogP contribution in [0.5, 0.6) is 0 Å². The second-order valence-corrected chi connectivity index (χ2v) is 2.68. The molecule has 0 saturated heterocycles. The zero-order valence-electron chi connectivity index (χ0n) is 7.76. The molecule has 2 amide bonds. The summed E-state index contributed by atoms with van der Waals surface area (Å²) in [4.78, 5) is 32.0. The Bertz CT molecular complexity index is 472. The standard InChI is InChI=1S/C8H4N2O4.K/c11-7-4-2-1-3-5(10(13)14)6(4)8(12)9-7;/h1-3H,(H,9,11,12);/q;+1/p-1. The molecule has 1 aromatic rings. The third-order valence-electron chi connectivity index (χ3n) is 1.89. The van der Waals surface area contributed by atoms with Gasteiger partial charge >= 0.3 is 51.4 Å². The maximum atomic E-state index is 11.1. The van der Waals surface area contributed by atoms with Gasteiger partial charge < -0.3 is 14.9 Å². The van der Waals surface area contributed by atoms with E-state index in [0.717, 1.165) is 0 Å². The van der Waals surface area contributed by atoms with Crippen LogP contribution in [0.15, 0.2) is 18.2 Å². The fourth-order valence-electron chi connectivity index (χ4n) is 1.30. The summed E-state index contributed by atoms with van der Waals surface area (Å²) in [6.45, 7) is 0. The monoisotopic (exact) mass is 230 g/mol. The van der Waals surface area contributed by atoms with Crippen molar-refractivity contribution < 1.29 is 65.9 Å². The Kier molecular flexibility index (Phi) is 3.74. The van der Waals surface area contributed by atoms with Crippen molar-refractivity contribution >= 4 is 17.5 Å². The molecule has 2 rings (SSSR count). The van der Waals surface area contributed by atoms with E-state index >= 15 is 0 Å². The summed E-state index contributed by atoms with van der Waals surface area (Å²) in [7, 11) is 0. The van der Waals surface area contributed by atoms with Crippen LogP contribution < -0.4 is 51.4 Å². The summed E-state index contributed by atoms with van der Waals surface area (Å²) < 4.78 is 0. The van der Waals surface area contributed by atoms with E-state index < -0.39 is 16.7 Å². The molecule has 7 heteroatoms. The smallest absolute Gasteiger partial charge is 0.587 e. The van der Waals surface area contributed by atoms with Crippen molar-refractivity contribution in [1.82, 2.24) is 0 Å². The van der Waals surface area contributed by atoms with Gasteiger partial charge in [-0.1, -0.05) is 12.1 Å². The van der Waals surface area contributed by atoms with Crippen LogP contribution in [0.2, 0.25) is 0 Å². The maximum absolute atomic E-state index is 11.1. The van der Waals surface area contributed by atoms with Crippen molar-refractivity contribution in [2.45, 2.75) is 0 Å². The summed E-state index contributed by atoms with van der Waals surface area (Å²) >= 11 is 0. The normalized spacial score (nSPS) is 12.8. The number of hydrogen-bond acceptors (Lipinski definition) is 4. The molecular formula is C8H3KN2O4. The molecule has 0 N–H and O–H groups in total. The first-order valence-corrected chi connectivity index (χ1v) is 3.69. The molecule has 70 valence electrons.